The molecule has 96 heavy (non-hydrogen) atoms. The third-order valence-corrected chi connectivity index (χ3v) is 17.8. The molecule has 4 unspecified atom stereocenters. The predicted molar refractivity (Wildman–Crippen MR) is 387 cm³/mol. The number of carbonyl (C=O) groups excluding carboxylic acids is 3. The zero-order chi connectivity index (χ0) is 67.4. The van der Waals surface area contributed by atoms with E-state index in [9.17, 15) is 14.4 Å². The van der Waals surface area contributed by atoms with Gasteiger partial charge < -0.3 is 66.4 Å². The van der Waals surface area contributed by atoms with E-state index in [1.165, 1.54) is 10.5 Å². The van der Waals surface area contributed by atoms with Gasteiger partial charge in [-0.1, -0.05) is 142 Å². The molecular weight excluding hydrogens is 1400 g/mol. The Morgan fingerprint density at radius 1 is 0.635 bits per heavy atom. The van der Waals surface area contributed by atoms with Gasteiger partial charge in [-0.25, -0.2) is 0 Å². The number of amides is 2. The van der Waals surface area contributed by atoms with Gasteiger partial charge in [0.05, 0.1) is 76.8 Å². The van der Waals surface area contributed by atoms with Gasteiger partial charge in [0.25, 0.3) is 11.8 Å². The van der Waals surface area contributed by atoms with Crippen molar-refractivity contribution >= 4 is 121 Å². The number of quaternary nitrogens is 2. The van der Waals surface area contributed by atoms with Crippen molar-refractivity contribution < 1.29 is 82.6 Å². The van der Waals surface area contributed by atoms with E-state index < -0.39 is 17.7 Å². The Bertz CT molecular complexity index is 3290. The van der Waals surface area contributed by atoms with E-state index in [0.717, 1.165) is 98.2 Å². The maximum Gasteiger partial charge on any atom is 1.00 e. The van der Waals surface area contributed by atoms with Gasteiger partial charge in [-0.15, -0.1) is 24.8 Å². The third kappa shape index (κ3) is 31.2. The van der Waals surface area contributed by atoms with Gasteiger partial charge in [-0.3, -0.25) is 19.3 Å². The zero-order valence-corrected chi connectivity index (χ0v) is 64.5. The summed E-state index contributed by atoms with van der Waals surface area (Å²) >= 11 is 36.2. The number of morpholine rings is 3. The summed E-state index contributed by atoms with van der Waals surface area (Å²) in [7, 11) is 4.99. The molecule has 0 bridgehead atoms. The number of methoxy groups -OCH3 is 3. The van der Waals surface area contributed by atoms with Crippen LogP contribution in [0.15, 0.2) is 127 Å². The number of hydrogen-bond acceptors (Lipinski definition) is 12. The summed E-state index contributed by atoms with van der Waals surface area (Å²) in [6, 6.07) is 40.5. The molecule has 3 heterocycles. The van der Waals surface area contributed by atoms with E-state index in [4.69, 9.17) is 110 Å². The Morgan fingerprint density at radius 2 is 1.08 bits per heavy atom. The first kappa shape index (κ1) is 89.9. The number of carbonyl (C=O) groups is 3. The molecule has 0 saturated carbocycles. The molecule has 3 fully saturated rings. The van der Waals surface area contributed by atoms with Crippen molar-refractivity contribution in [1.82, 2.24) is 20.9 Å². The van der Waals surface area contributed by atoms with E-state index >= 15 is 0 Å². The molecule has 9 rings (SSSR count). The molecule has 0 spiro atoms. The Morgan fingerprint density at radius 3 is 1.55 bits per heavy atom. The number of aldehydes is 1. The number of nitrogens with two attached hydrogens (primary N) is 1. The van der Waals surface area contributed by atoms with Crippen LogP contribution in [0, 0.1) is 11.8 Å². The van der Waals surface area contributed by atoms with Gasteiger partial charge in [0.2, 0.25) is 0 Å². The summed E-state index contributed by atoms with van der Waals surface area (Å²) in [6.45, 7) is 26.3. The number of nitrogens with zero attached hydrogens (tertiary/aromatic N) is 2. The number of ether oxygens (including phenoxy) is 6. The minimum absolute atomic E-state index is 0. The van der Waals surface area contributed by atoms with Gasteiger partial charge in [0.1, 0.15) is 55.6 Å². The molecule has 4 atom stereocenters. The first-order valence-electron chi connectivity index (χ1n) is 30.3. The second-order valence-corrected chi connectivity index (χ2v) is 26.8. The normalized spacial score (nSPS) is 16.7. The van der Waals surface area contributed by atoms with Crippen LogP contribution < -0.4 is 69.9 Å². The average molecular weight is 1490 g/mol. The van der Waals surface area contributed by atoms with Crippen LogP contribution in [0.3, 0.4) is 0 Å². The largest absolute Gasteiger partial charge is 1.00 e. The molecule has 0 aliphatic carbocycles. The Balaban J connectivity index is 0.000000657. The minimum atomic E-state index is -0.521. The quantitative estimate of drug-likeness (QED) is 0.0264. The fraction of sp³-hybridized carbons (Fsp3) is 0.429. The van der Waals surface area contributed by atoms with Crippen LogP contribution in [0.1, 0.15) is 79.7 Å². The summed E-state index contributed by atoms with van der Waals surface area (Å²) in [4.78, 5) is 39.0. The molecule has 0 aromatic heterocycles. The number of rotatable bonds is 21. The van der Waals surface area contributed by atoms with E-state index in [1.54, 1.807) is 45.6 Å². The van der Waals surface area contributed by atoms with Gasteiger partial charge in [0.15, 0.2) is 12.4 Å². The zero-order valence-electron chi connectivity index (χ0n) is 56.3. The van der Waals surface area contributed by atoms with Crippen LogP contribution in [0.2, 0.25) is 30.1 Å². The van der Waals surface area contributed by atoms with Crippen LogP contribution in [-0.2, 0) is 56.2 Å². The Labute approximate surface area is 634 Å². The fourth-order valence-electron chi connectivity index (χ4n) is 10.6. The van der Waals surface area contributed by atoms with Crippen molar-refractivity contribution in [2.24, 2.45) is 0 Å². The van der Waals surface area contributed by atoms with Crippen molar-refractivity contribution in [3.63, 3.8) is 0 Å². The van der Waals surface area contributed by atoms with Crippen molar-refractivity contribution in [3.05, 3.63) is 197 Å². The second kappa shape index (κ2) is 45.6. The van der Waals surface area contributed by atoms with Crippen LogP contribution in [-0.4, -0.2) is 153 Å². The molecule has 26 heteroatoms. The maximum absolute atomic E-state index is 12.9. The van der Waals surface area contributed by atoms with Gasteiger partial charge >= 0.3 is 29.6 Å². The van der Waals surface area contributed by atoms with Gasteiger partial charge in [0, 0.05) is 69.8 Å². The summed E-state index contributed by atoms with van der Waals surface area (Å²) in [5.74, 6) is 2.39. The van der Waals surface area contributed by atoms with E-state index in [2.05, 4.69) is 58.2 Å². The van der Waals surface area contributed by atoms with E-state index in [1.807, 2.05) is 113 Å². The maximum atomic E-state index is 12.9. The SMILES string of the molecule is COc1ccc(CC(C)(C)NC(=O)C2CN(Cc3cccc(Cl)c3Cl)CCO2)cc1.COc1ccc(CC(C)(C)NC(=O)C2CNCCO2)cc1.COc1ccc(CC(C)(C)[NH2+]CC2C[NH+](Cc3cccc(Cl)c3Cl)CCO2)cc1.Cl.Cl.O=Cc1cccc(Cl)c1Cl.[B].[C-]#N.[Na+]. The first-order chi connectivity index (χ1) is 43.9. The predicted octanol–water partition coefficient (Wildman–Crippen LogP) is 8.20. The molecular formula is C70H90BCl8N7NaO9+2. The molecule has 16 nitrogen and oxygen atoms in total. The number of benzene rings is 6. The number of hydrogen-bond donors (Lipinski definition) is 5. The minimum Gasteiger partial charge on any atom is -0.512 e. The summed E-state index contributed by atoms with van der Waals surface area (Å²) < 4.78 is 32.9. The van der Waals surface area contributed by atoms with Gasteiger partial charge in [-0.05, 0) is 131 Å². The third-order valence-electron chi connectivity index (χ3n) is 15.3. The molecule has 3 radical (unpaired) electrons. The number of nitrogens with one attached hydrogen (secondary N) is 4. The smallest absolute Gasteiger partial charge is 0.512 e. The van der Waals surface area contributed by atoms with Crippen LogP contribution >= 0.6 is 94.4 Å². The number of halogens is 8. The van der Waals surface area contributed by atoms with Crippen molar-refractivity contribution in [3.8, 4) is 17.2 Å². The Hall–Kier alpha value is -4.08. The van der Waals surface area contributed by atoms with Crippen molar-refractivity contribution in [1.29, 1.82) is 5.26 Å². The fourth-order valence-corrected chi connectivity index (χ4v) is 11.7. The summed E-state index contributed by atoms with van der Waals surface area (Å²) in [5.41, 5.74) is 5.45. The molecule has 6 aromatic rings. The summed E-state index contributed by atoms with van der Waals surface area (Å²) in [6.07, 6.45) is 2.46. The first-order valence-corrected chi connectivity index (χ1v) is 32.6. The molecule has 3 aliphatic rings. The molecule has 517 valence electrons. The summed E-state index contributed by atoms with van der Waals surface area (Å²) in [5, 5.41) is 21.2. The van der Waals surface area contributed by atoms with Crippen LogP contribution in [0.25, 0.3) is 0 Å². The van der Waals surface area contributed by atoms with E-state index in [0.29, 0.717) is 81.3 Å². The molecule has 6 aromatic carbocycles. The van der Waals surface area contributed by atoms with Crippen molar-refractivity contribution in [2.75, 3.05) is 87.0 Å². The molecule has 3 aliphatic heterocycles. The molecule has 3 saturated heterocycles. The van der Waals surface area contributed by atoms with Crippen molar-refractivity contribution in [2.45, 2.75) is 109 Å². The van der Waals surface area contributed by atoms with Crippen LogP contribution in [0.4, 0.5) is 0 Å². The Kier molecular flexibility index (Phi) is 42.8. The second-order valence-electron chi connectivity index (χ2n) is 24.5. The van der Waals surface area contributed by atoms with E-state index in [-0.39, 0.29) is 91.8 Å². The van der Waals surface area contributed by atoms with Gasteiger partial charge in [-0.2, -0.15) is 0 Å². The van der Waals surface area contributed by atoms with Crippen LogP contribution in [0.5, 0.6) is 17.2 Å². The average Bonchev–Trinajstić information content (AvgIpc) is 0.882. The molecule has 2 amide bonds. The standard InChI is InChI=1S/C23H28Cl2N2O3.C23H30Cl2N2O2.C16H24N2O3.C7H4Cl2O.CN.B.2ClH.Na/c1-23(2,13-16-7-9-18(29-3)10-8-16)26-22(28)20-15-27(11-12-30-20)14-17-5-4-6-19(24)21(17)25;1-23(2,13-17-7-9-19(28-3)10-8-17)26-14-20-16-27(11-12-29-20)15-18-5-4-6-21(24)22(18)25;1-16(2,10-12-4-6-13(20-3)7-5-12)18-15(19)14-11-17-8-9-21-14;8-6-3-1-2-5(4-10)7(6)9;1-2;;;;/h4-10,20H,11-15H2,1-3H3,(H,26,28);4-10,20,26H,11-16H2,1-3H3;4-7,14,17H,8-11H2,1-3H3,(H,18,19);1-4H;;;2*1H;/q;;;;-1;;;;+1/p+2. The topological polar surface area (TPSA) is 191 Å². The molecule has 6 N–H and O–H groups in total. The monoisotopic (exact) mass is 1490 g/mol.